The molecule has 1 atom stereocenters. The molecule has 1 N–H and O–H groups in total. The molecule has 1 saturated heterocycles. The van der Waals surface area contributed by atoms with Gasteiger partial charge in [0.05, 0.1) is 17.6 Å². The van der Waals surface area contributed by atoms with Gasteiger partial charge in [-0.1, -0.05) is 30.3 Å². The second kappa shape index (κ2) is 6.01. The summed E-state index contributed by atoms with van der Waals surface area (Å²) >= 11 is 0. The van der Waals surface area contributed by atoms with Gasteiger partial charge in [0, 0.05) is 25.6 Å². The van der Waals surface area contributed by atoms with Crippen molar-refractivity contribution in [2.75, 3.05) is 25.0 Å². The third-order valence-electron chi connectivity index (χ3n) is 3.88. The van der Waals surface area contributed by atoms with Crippen LogP contribution < -0.4 is 10.2 Å². The lowest BCUT2D eigenvalue weighted by molar-refractivity contribution is 0.617. The molecule has 0 aliphatic carbocycles. The van der Waals surface area contributed by atoms with Crippen molar-refractivity contribution in [1.82, 2.24) is 15.5 Å². The summed E-state index contributed by atoms with van der Waals surface area (Å²) < 4.78 is 0. The number of likely N-dealkylation sites (N-methyl/N-ethyl adjacent to an activating group) is 1. The summed E-state index contributed by atoms with van der Waals surface area (Å²) in [4.78, 5) is 2.38. The van der Waals surface area contributed by atoms with Crippen LogP contribution in [0, 0.1) is 0 Å². The van der Waals surface area contributed by atoms with Gasteiger partial charge in [-0.2, -0.15) is 10.2 Å². The summed E-state index contributed by atoms with van der Waals surface area (Å²) in [6.45, 7) is 2.13. The molecule has 0 unspecified atom stereocenters. The van der Waals surface area contributed by atoms with Crippen LogP contribution >= 0.6 is 0 Å². The maximum Gasteiger partial charge on any atom is 0.0730 e. The highest BCUT2D eigenvalue weighted by Crippen LogP contribution is 2.20. The summed E-state index contributed by atoms with van der Waals surface area (Å²) in [5, 5.41) is 11.8. The summed E-state index contributed by atoms with van der Waals surface area (Å²) in [5.41, 5.74) is 3.48. The Kier molecular flexibility index (Phi) is 3.92. The molecule has 20 heavy (non-hydrogen) atoms. The second-order valence-electron chi connectivity index (χ2n) is 5.29. The Morgan fingerprint density at radius 1 is 1.30 bits per heavy atom. The van der Waals surface area contributed by atoms with Crippen LogP contribution in [0.25, 0.3) is 0 Å². The van der Waals surface area contributed by atoms with Crippen LogP contribution in [-0.4, -0.2) is 36.4 Å². The molecular weight excluding hydrogens is 248 g/mol. The lowest BCUT2D eigenvalue weighted by atomic mass is 10.1. The van der Waals surface area contributed by atoms with Crippen LogP contribution in [0.4, 0.5) is 5.69 Å². The highest BCUT2D eigenvalue weighted by atomic mass is 15.2. The van der Waals surface area contributed by atoms with Gasteiger partial charge in [-0.3, -0.25) is 0 Å². The highest BCUT2D eigenvalue weighted by molar-refractivity contribution is 5.46. The van der Waals surface area contributed by atoms with Gasteiger partial charge in [0.25, 0.3) is 0 Å². The molecule has 3 rings (SSSR count). The zero-order chi connectivity index (χ0) is 13.8. The number of anilines is 1. The van der Waals surface area contributed by atoms with E-state index in [0.717, 1.165) is 25.2 Å². The molecule has 1 aromatic carbocycles. The third kappa shape index (κ3) is 2.96. The molecule has 4 heteroatoms. The van der Waals surface area contributed by atoms with E-state index >= 15 is 0 Å². The molecule has 0 amide bonds. The highest BCUT2D eigenvalue weighted by Gasteiger charge is 2.21. The smallest absolute Gasteiger partial charge is 0.0730 e. The minimum Gasteiger partial charge on any atom is -0.369 e. The number of rotatable bonds is 4. The topological polar surface area (TPSA) is 41.0 Å². The Labute approximate surface area is 119 Å². The third-order valence-corrected chi connectivity index (χ3v) is 3.88. The van der Waals surface area contributed by atoms with Crippen LogP contribution in [0.2, 0.25) is 0 Å². The minimum absolute atomic E-state index is 0.584. The molecule has 4 nitrogen and oxygen atoms in total. The normalized spacial score (nSPS) is 18.4. The number of hydrogen-bond acceptors (Lipinski definition) is 4. The number of nitrogens with zero attached hydrogens (tertiary/aromatic N) is 3. The lowest BCUT2D eigenvalue weighted by Gasteiger charge is -2.18. The molecular formula is C16H20N4. The molecule has 1 aliphatic rings. The van der Waals surface area contributed by atoms with Gasteiger partial charge < -0.3 is 10.2 Å². The first-order valence-electron chi connectivity index (χ1n) is 7.13. The van der Waals surface area contributed by atoms with Crippen molar-refractivity contribution in [1.29, 1.82) is 0 Å². The molecule has 1 aromatic heterocycles. The molecule has 0 radical (unpaired) electrons. The zero-order valence-corrected chi connectivity index (χ0v) is 11.8. The van der Waals surface area contributed by atoms with E-state index in [9.17, 15) is 0 Å². The fraction of sp³-hybridized carbons (Fsp3) is 0.375. The molecule has 2 heterocycles. The van der Waals surface area contributed by atoms with Crippen molar-refractivity contribution in [3.8, 4) is 0 Å². The van der Waals surface area contributed by atoms with E-state index in [-0.39, 0.29) is 0 Å². The van der Waals surface area contributed by atoms with Crippen LogP contribution in [0.5, 0.6) is 0 Å². The Morgan fingerprint density at radius 2 is 2.15 bits per heavy atom. The quantitative estimate of drug-likeness (QED) is 0.919. The number of benzene rings is 1. The van der Waals surface area contributed by atoms with Gasteiger partial charge in [-0.05, 0) is 25.1 Å². The Morgan fingerprint density at radius 3 is 2.90 bits per heavy atom. The monoisotopic (exact) mass is 268 g/mol. The average Bonchev–Trinajstić information content (AvgIpc) is 2.98. The molecule has 1 aliphatic heterocycles. The SMILES string of the molecule is CN[C@@H]1CCN(c2cnnc(Cc3ccccc3)c2)C1. The van der Waals surface area contributed by atoms with Crippen LogP contribution in [-0.2, 0) is 6.42 Å². The van der Waals surface area contributed by atoms with E-state index in [2.05, 4.69) is 50.7 Å². The second-order valence-corrected chi connectivity index (χ2v) is 5.29. The minimum atomic E-state index is 0.584. The van der Waals surface area contributed by atoms with E-state index < -0.39 is 0 Å². The first-order chi connectivity index (χ1) is 9.85. The maximum atomic E-state index is 4.25. The Balaban J connectivity index is 1.73. The lowest BCUT2D eigenvalue weighted by Crippen LogP contribution is -2.29. The van der Waals surface area contributed by atoms with Crippen LogP contribution in [0.1, 0.15) is 17.7 Å². The van der Waals surface area contributed by atoms with Gasteiger partial charge in [0.1, 0.15) is 0 Å². The Bertz CT molecular complexity index is 555. The van der Waals surface area contributed by atoms with Crippen molar-refractivity contribution in [2.24, 2.45) is 0 Å². The first-order valence-corrected chi connectivity index (χ1v) is 7.13. The molecule has 2 aromatic rings. The zero-order valence-electron chi connectivity index (χ0n) is 11.8. The largest absolute Gasteiger partial charge is 0.369 e. The summed E-state index contributed by atoms with van der Waals surface area (Å²) in [6.07, 6.45) is 3.89. The molecule has 104 valence electrons. The summed E-state index contributed by atoms with van der Waals surface area (Å²) in [7, 11) is 2.03. The fourth-order valence-corrected chi connectivity index (χ4v) is 2.69. The maximum absolute atomic E-state index is 4.25. The molecule has 1 fully saturated rings. The number of nitrogens with one attached hydrogen (secondary N) is 1. The molecule has 0 bridgehead atoms. The summed E-state index contributed by atoms with van der Waals surface area (Å²) in [5.74, 6) is 0. The van der Waals surface area contributed by atoms with E-state index in [1.165, 1.54) is 17.7 Å². The van der Waals surface area contributed by atoms with Crippen molar-refractivity contribution in [2.45, 2.75) is 18.9 Å². The predicted molar refractivity (Wildman–Crippen MR) is 81.0 cm³/mol. The van der Waals surface area contributed by atoms with Crippen molar-refractivity contribution in [3.05, 3.63) is 53.9 Å². The van der Waals surface area contributed by atoms with Gasteiger partial charge >= 0.3 is 0 Å². The molecule has 0 spiro atoms. The van der Waals surface area contributed by atoms with Crippen LogP contribution in [0.3, 0.4) is 0 Å². The van der Waals surface area contributed by atoms with Crippen molar-refractivity contribution < 1.29 is 0 Å². The van der Waals surface area contributed by atoms with Gasteiger partial charge in [0.2, 0.25) is 0 Å². The number of hydrogen-bond donors (Lipinski definition) is 1. The fourth-order valence-electron chi connectivity index (χ4n) is 2.69. The number of aromatic nitrogens is 2. The van der Waals surface area contributed by atoms with Crippen molar-refractivity contribution in [3.63, 3.8) is 0 Å². The van der Waals surface area contributed by atoms with Gasteiger partial charge in [-0.25, -0.2) is 0 Å². The van der Waals surface area contributed by atoms with E-state index in [4.69, 9.17) is 0 Å². The standard InChI is InChI=1S/C16H20N4/c1-17-14-7-8-20(12-14)16-10-15(19-18-11-16)9-13-5-3-2-4-6-13/h2-6,10-11,14,17H,7-9,12H2,1H3/t14-/m1/s1. The average molecular weight is 268 g/mol. The van der Waals surface area contributed by atoms with E-state index in [0.29, 0.717) is 6.04 Å². The Hall–Kier alpha value is -1.94. The van der Waals surface area contributed by atoms with E-state index in [1.807, 2.05) is 19.3 Å². The van der Waals surface area contributed by atoms with Crippen LogP contribution in [0.15, 0.2) is 42.6 Å². The predicted octanol–water partition coefficient (Wildman–Crippen LogP) is 1.87. The summed E-state index contributed by atoms with van der Waals surface area (Å²) in [6, 6.07) is 13.2. The van der Waals surface area contributed by atoms with E-state index in [1.54, 1.807) is 0 Å². The van der Waals surface area contributed by atoms with Crippen molar-refractivity contribution >= 4 is 5.69 Å². The van der Waals surface area contributed by atoms with Gasteiger partial charge in [0.15, 0.2) is 0 Å². The molecule has 0 saturated carbocycles. The van der Waals surface area contributed by atoms with Gasteiger partial charge in [-0.15, -0.1) is 0 Å². The first kappa shape index (κ1) is 13.1.